The van der Waals surface area contributed by atoms with Crippen LogP contribution >= 0.6 is 11.6 Å². The molecule has 0 bridgehead atoms. The van der Waals surface area contributed by atoms with Gasteiger partial charge in [0, 0.05) is 18.3 Å². The van der Waals surface area contributed by atoms with Crippen molar-refractivity contribution in [3.05, 3.63) is 23.2 Å². The van der Waals surface area contributed by atoms with Crippen LogP contribution in [0.1, 0.15) is 6.42 Å². The van der Waals surface area contributed by atoms with E-state index < -0.39 is 0 Å². The minimum absolute atomic E-state index is 0.135. The molecule has 0 aliphatic rings. The quantitative estimate of drug-likeness (QED) is 0.771. The summed E-state index contributed by atoms with van der Waals surface area (Å²) >= 11 is 5.88. The highest BCUT2D eigenvalue weighted by Crippen LogP contribution is 2.27. The highest BCUT2D eigenvalue weighted by molar-refractivity contribution is 6.32. The van der Waals surface area contributed by atoms with Crippen LogP contribution in [0.3, 0.4) is 0 Å². The van der Waals surface area contributed by atoms with Gasteiger partial charge in [-0.15, -0.1) is 0 Å². The second kappa shape index (κ2) is 7.41. The summed E-state index contributed by atoms with van der Waals surface area (Å²) in [5, 5.41) is 14.4. The molecule has 0 unspecified atom stereocenters. The Morgan fingerprint density at radius 2 is 2.33 bits per heavy atom. The summed E-state index contributed by atoms with van der Waals surface area (Å²) in [6, 6.07) is 7.11. The van der Waals surface area contributed by atoms with Crippen LogP contribution < -0.4 is 15.4 Å². The summed E-state index contributed by atoms with van der Waals surface area (Å²) in [4.78, 5) is 11.4. The number of nitrogens with zero attached hydrogens (tertiary/aromatic N) is 1. The first-order chi connectivity index (χ1) is 8.67. The number of halogens is 1. The van der Waals surface area contributed by atoms with Crippen LogP contribution in [0.25, 0.3) is 0 Å². The van der Waals surface area contributed by atoms with Gasteiger partial charge in [-0.25, -0.2) is 0 Å². The van der Waals surface area contributed by atoms with Crippen LogP contribution in [0.2, 0.25) is 5.02 Å². The fourth-order valence-corrected chi connectivity index (χ4v) is 1.47. The number of nitrogens with one attached hydrogen (secondary N) is 2. The maximum atomic E-state index is 11.4. The molecule has 0 fully saturated rings. The van der Waals surface area contributed by atoms with E-state index >= 15 is 0 Å². The van der Waals surface area contributed by atoms with Crippen molar-refractivity contribution in [1.29, 1.82) is 5.26 Å². The van der Waals surface area contributed by atoms with Gasteiger partial charge < -0.3 is 15.4 Å². The zero-order chi connectivity index (χ0) is 13.4. The van der Waals surface area contributed by atoms with Crippen LogP contribution in [0, 0.1) is 11.3 Å². The van der Waals surface area contributed by atoms with E-state index in [4.69, 9.17) is 21.6 Å². The second-order valence-corrected chi connectivity index (χ2v) is 3.87. The Hall–Kier alpha value is -1.93. The predicted octanol–water partition coefficient (Wildman–Crippen LogP) is 1.79. The van der Waals surface area contributed by atoms with Gasteiger partial charge in [0.05, 0.1) is 31.2 Å². The zero-order valence-electron chi connectivity index (χ0n) is 10.00. The Kier molecular flexibility index (Phi) is 5.81. The van der Waals surface area contributed by atoms with E-state index in [-0.39, 0.29) is 12.5 Å². The molecule has 2 N–H and O–H groups in total. The first-order valence-corrected chi connectivity index (χ1v) is 5.76. The molecule has 1 rings (SSSR count). The largest absolute Gasteiger partial charge is 0.495 e. The Morgan fingerprint density at radius 1 is 1.56 bits per heavy atom. The van der Waals surface area contributed by atoms with Crippen molar-refractivity contribution in [2.45, 2.75) is 6.42 Å². The fourth-order valence-electron chi connectivity index (χ4n) is 1.27. The summed E-state index contributed by atoms with van der Waals surface area (Å²) in [6.07, 6.45) is 0.306. The molecule has 0 radical (unpaired) electrons. The van der Waals surface area contributed by atoms with E-state index in [1.165, 1.54) is 7.11 Å². The van der Waals surface area contributed by atoms with Gasteiger partial charge in [0.2, 0.25) is 5.91 Å². The number of hydrogen-bond acceptors (Lipinski definition) is 4. The number of anilines is 1. The highest BCUT2D eigenvalue weighted by atomic mass is 35.5. The number of nitriles is 1. The van der Waals surface area contributed by atoms with E-state index in [1.807, 2.05) is 6.07 Å². The van der Waals surface area contributed by atoms with Gasteiger partial charge in [-0.2, -0.15) is 5.26 Å². The van der Waals surface area contributed by atoms with E-state index in [1.54, 1.807) is 18.2 Å². The summed E-state index contributed by atoms with van der Waals surface area (Å²) in [5.41, 5.74) is 0.742. The molecular weight excluding hydrogens is 254 g/mol. The average molecular weight is 268 g/mol. The Labute approximate surface area is 111 Å². The van der Waals surface area contributed by atoms with Gasteiger partial charge in [0.25, 0.3) is 0 Å². The number of methoxy groups -OCH3 is 1. The lowest BCUT2D eigenvalue weighted by Gasteiger charge is -2.09. The number of hydrogen-bond donors (Lipinski definition) is 2. The Morgan fingerprint density at radius 3 is 3.00 bits per heavy atom. The van der Waals surface area contributed by atoms with E-state index in [0.717, 1.165) is 5.69 Å². The second-order valence-electron chi connectivity index (χ2n) is 3.46. The van der Waals surface area contributed by atoms with Gasteiger partial charge in [-0.3, -0.25) is 4.79 Å². The molecule has 0 aromatic heterocycles. The Balaban J connectivity index is 2.44. The lowest BCUT2D eigenvalue weighted by Crippen LogP contribution is -2.30. The van der Waals surface area contributed by atoms with E-state index in [0.29, 0.717) is 23.7 Å². The van der Waals surface area contributed by atoms with Crippen molar-refractivity contribution in [3.63, 3.8) is 0 Å². The van der Waals surface area contributed by atoms with Gasteiger partial charge >= 0.3 is 0 Å². The van der Waals surface area contributed by atoms with Crippen molar-refractivity contribution in [2.75, 3.05) is 25.5 Å². The SMILES string of the molecule is COc1cc(NCC(=O)NCCC#N)ccc1Cl. The molecule has 0 spiro atoms. The first-order valence-electron chi connectivity index (χ1n) is 5.38. The zero-order valence-corrected chi connectivity index (χ0v) is 10.8. The van der Waals surface area contributed by atoms with E-state index in [2.05, 4.69) is 10.6 Å². The van der Waals surface area contributed by atoms with Crippen molar-refractivity contribution in [3.8, 4) is 11.8 Å². The normalized spacial score (nSPS) is 9.39. The third-order valence-corrected chi connectivity index (χ3v) is 2.48. The molecule has 96 valence electrons. The standard InChI is InChI=1S/C12H14ClN3O2/c1-18-11-7-9(3-4-10(11)13)16-8-12(17)15-6-2-5-14/h3-4,7,16H,2,6,8H2,1H3,(H,15,17). The minimum atomic E-state index is -0.167. The third-order valence-electron chi connectivity index (χ3n) is 2.16. The highest BCUT2D eigenvalue weighted by Gasteiger charge is 2.04. The maximum absolute atomic E-state index is 11.4. The molecule has 0 heterocycles. The number of rotatable bonds is 6. The first kappa shape index (κ1) is 14.1. The molecular formula is C12H14ClN3O2. The number of amides is 1. The summed E-state index contributed by atoms with van der Waals surface area (Å²) in [5.74, 6) is 0.380. The molecule has 1 amide bonds. The van der Waals surface area contributed by atoms with Gasteiger partial charge in [0.15, 0.2) is 0 Å². The molecule has 1 aromatic carbocycles. The monoisotopic (exact) mass is 267 g/mol. The lowest BCUT2D eigenvalue weighted by atomic mass is 10.3. The molecule has 6 heteroatoms. The lowest BCUT2D eigenvalue weighted by molar-refractivity contribution is -0.119. The number of benzene rings is 1. The number of ether oxygens (including phenoxy) is 1. The number of carbonyl (C=O) groups is 1. The van der Waals surface area contributed by atoms with Crippen molar-refractivity contribution < 1.29 is 9.53 Å². The van der Waals surface area contributed by atoms with Gasteiger partial charge in [-0.1, -0.05) is 11.6 Å². The smallest absolute Gasteiger partial charge is 0.239 e. The molecule has 1 aromatic rings. The maximum Gasteiger partial charge on any atom is 0.239 e. The third kappa shape index (κ3) is 4.52. The van der Waals surface area contributed by atoms with Crippen LogP contribution in [0.4, 0.5) is 5.69 Å². The summed E-state index contributed by atoms with van der Waals surface area (Å²) < 4.78 is 5.06. The van der Waals surface area contributed by atoms with Crippen LogP contribution in [-0.4, -0.2) is 26.1 Å². The van der Waals surface area contributed by atoms with Crippen molar-refractivity contribution in [2.24, 2.45) is 0 Å². The average Bonchev–Trinajstić information content (AvgIpc) is 2.38. The molecule has 18 heavy (non-hydrogen) atoms. The molecule has 5 nitrogen and oxygen atoms in total. The van der Waals surface area contributed by atoms with Crippen LogP contribution in [-0.2, 0) is 4.79 Å². The van der Waals surface area contributed by atoms with Crippen molar-refractivity contribution >= 4 is 23.2 Å². The molecule has 0 saturated carbocycles. The van der Waals surface area contributed by atoms with Crippen LogP contribution in [0.5, 0.6) is 5.75 Å². The fraction of sp³-hybridized carbons (Fsp3) is 0.333. The van der Waals surface area contributed by atoms with Gasteiger partial charge in [0.1, 0.15) is 5.75 Å². The van der Waals surface area contributed by atoms with Crippen molar-refractivity contribution in [1.82, 2.24) is 5.32 Å². The minimum Gasteiger partial charge on any atom is -0.495 e. The molecule has 0 aliphatic carbocycles. The summed E-state index contributed by atoms with van der Waals surface area (Å²) in [6.45, 7) is 0.497. The Bertz CT molecular complexity index is 457. The predicted molar refractivity (Wildman–Crippen MR) is 69.7 cm³/mol. The van der Waals surface area contributed by atoms with E-state index in [9.17, 15) is 4.79 Å². The van der Waals surface area contributed by atoms with Crippen LogP contribution in [0.15, 0.2) is 18.2 Å². The molecule has 0 atom stereocenters. The molecule has 0 saturated heterocycles. The number of carbonyl (C=O) groups excluding carboxylic acids is 1. The molecule has 0 aliphatic heterocycles. The van der Waals surface area contributed by atoms with Gasteiger partial charge in [-0.05, 0) is 12.1 Å². The topological polar surface area (TPSA) is 74.2 Å². The summed E-state index contributed by atoms with van der Waals surface area (Å²) in [7, 11) is 1.53.